The molecular weight excluding hydrogens is 292 g/mol. The lowest BCUT2D eigenvalue weighted by Gasteiger charge is -2.11. The summed E-state index contributed by atoms with van der Waals surface area (Å²) in [6, 6.07) is 9.01. The van der Waals surface area contributed by atoms with Gasteiger partial charge in [-0.15, -0.1) is 0 Å². The van der Waals surface area contributed by atoms with Crippen LogP contribution in [-0.2, 0) is 6.54 Å². The van der Waals surface area contributed by atoms with Gasteiger partial charge in [-0.1, -0.05) is 19.1 Å². The van der Waals surface area contributed by atoms with Gasteiger partial charge in [-0.05, 0) is 44.0 Å². The minimum absolute atomic E-state index is 0.0797. The van der Waals surface area contributed by atoms with Gasteiger partial charge in [0, 0.05) is 18.2 Å². The van der Waals surface area contributed by atoms with E-state index >= 15 is 0 Å². The van der Waals surface area contributed by atoms with Crippen molar-refractivity contribution in [3.63, 3.8) is 0 Å². The molecule has 1 aromatic carbocycles. The molecule has 1 heterocycles. The number of aryl methyl sites for hydroxylation is 1. The largest absolute Gasteiger partial charge is 0.469 e. The van der Waals surface area contributed by atoms with Crippen LogP contribution in [0.3, 0.4) is 0 Å². The number of benzene rings is 1. The summed E-state index contributed by atoms with van der Waals surface area (Å²) in [5, 5.41) is 5.75. The lowest BCUT2D eigenvalue weighted by molar-refractivity contribution is 0.0933. The third kappa shape index (κ3) is 4.45. The highest BCUT2D eigenvalue weighted by molar-refractivity contribution is 5.95. The van der Waals surface area contributed by atoms with Crippen molar-refractivity contribution in [1.29, 1.82) is 0 Å². The second-order valence-corrected chi connectivity index (χ2v) is 5.55. The van der Waals surface area contributed by atoms with Gasteiger partial charge in [0.25, 0.3) is 11.8 Å². The second kappa shape index (κ2) is 7.63. The maximum Gasteiger partial charge on any atom is 0.255 e. The maximum atomic E-state index is 12.0. The van der Waals surface area contributed by atoms with Crippen LogP contribution in [0.1, 0.15) is 52.3 Å². The second-order valence-electron chi connectivity index (χ2n) is 5.55. The lowest BCUT2D eigenvalue weighted by Crippen LogP contribution is -2.31. The summed E-state index contributed by atoms with van der Waals surface area (Å²) >= 11 is 0. The van der Waals surface area contributed by atoms with Crippen molar-refractivity contribution >= 4 is 11.8 Å². The number of carbonyl (C=O) groups is 2. The van der Waals surface area contributed by atoms with E-state index in [4.69, 9.17) is 4.42 Å². The monoisotopic (exact) mass is 314 g/mol. The van der Waals surface area contributed by atoms with Gasteiger partial charge in [0.15, 0.2) is 0 Å². The van der Waals surface area contributed by atoms with Gasteiger partial charge in [0.2, 0.25) is 0 Å². The highest BCUT2D eigenvalue weighted by Gasteiger charge is 2.11. The molecule has 2 amide bonds. The summed E-state index contributed by atoms with van der Waals surface area (Å²) in [5.41, 5.74) is 2.08. The zero-order valence-corrected chi connectivity index (χ0v) is 13.7. The fourth-order valence-corrected chi connectivity index (χ4v) is 2.08. The predicted octanol–water partition coefficient (Wildman–Crippen LogP) is 3.05. The Bertz CT molecular complexity index is 674. The van der Waals surface area contributed by atoms with Gasteiger partial charge in [-0.2, -0.15) is 0 Å². The van der Waals surface area contributed by atoms with Crippen molar-refractivity contribution in [2.75, 3.05) is 0 Å². The molecule has 122 valence electrons. The van der Waals surface area contributed by atoms with Crippen LogP contribution in [0.25, 0.3) is 0 Å². The highest BCUT2D eigenvalue weighted by Crippen LogP contribution is 2.09. The molecule has 0 aliphatic carbocycles. The molecule has 0 aliphatic heterocycles. The van der Waals surface area contributed by atoms with Crippen molar-refractivity contribution in [3.05, 3.63) is 59.0 Å². The average Bonchev–Trinajstić information content (AvgIpc) is 2.99. The van der Waals surface area contributed by atoms with Crippen molar-refractivity contribution in [2.24, 2.45) is 0 Å². The Morgan fingerprint density at radius 2 is 1.83 bits per heavy atom. The van der Waals surface area contributed by atoms with Crippen molar-refractivity contribution in [3.8, 4) is 0 Å². The molecule has 0 radical (unpaired) electrons. The molecule has 0 bridgehead atoms. The Morgan fingerprint density at radius 1 is 1.13 bits per heavy atom. The first-order valence-electron chi connectivity index (χ1n) is 7.73. The summed E-state index contributed by atoms with van der Waals surface area (Å²) in [5.74, 6) is 0.346. The van der Waals surface area contributed by atoms with E-state index in [2.05, 4.69) is 10.6 Å². The molecule has 1 aromatic heterocycles. The van der Waals surface area contributed by atoms with E-state index in [1.165, 1.54) is 6.26 Å². The quantitative estimate of drug-likeness (QED) is 0.861. The normalized spacial score (nSPS) is 11.8. The molecule has 23 heavy (non-hydrogen) atoms. The van der Waals surface area contributed by atoms with Crippen molar-refractivity contribution in [1.82, 2.24) is 10.6 Å². The van der Waals surface area contributed by atoms with Gasteiger partial charge in [-0.25, -0.2) is 0 Å². The summed E-state index contributed by atoms with van der Waals surface area (Å²) in [7, 11) is 0. The smallest absolute Gasteiger partial charge is 0.255 e. The van der Waals surface area contributed by atoms with E-state index in [1.54, 1.807) is 25.1 Å². The number of amides is 2. The van der Waals surface area contributed by atoms with E-state index in [0.717, 1.165) is 12.0 Å². The van der Waals surface area contributed by atoms with E-state index in [-0.39, 0.29) is 17.9 Å². The average molecular weight is 314 g/mol. The first kappa shape index (κ1) is 16.8. The van der Waals surface area contributed by atoms with E-state index in [0.29, 0.717) is 23.4 Å². The molecule has 0 spiro atoms. The van der Waals surface area contributed by atoms with Gasteiger partial charge in [0.1, 0.15) is 5.76 Å². The SMILES string of the molecule is CCC(C)NC(=O)c1ccc(CNC(=O)c2ccoc2C)cc1. The van der Waals surface area contributed by atoms with E-state index < -0.39 is 0 Å². The molecule has 1 atom stereocenters. The molecule has 0 saturated heterocycles. The van der Waals surface area contributed by atoms with Gasteiger partial charge in [0.05, 0.1) is 11.8 Å². The number of rotatable bonds is 6. The zero-order valence-electron chi connectivity index (χ0n) is 13.7. The molecule has 2 aromatic rings. The predicted molar refractivity (Wildman–Crippen MR) is 88.3 cm³/mol. The molecule has 5 heteroatoms. The lowest BCUT2D eigenvalue weighted by atomic mass is 10.1. The maximum absolute atomic E-state index is 12.0. The Balaban J connectivity index is 1.91. The Morgan fingerprint density at radius 3 is 2.39 bits per heavy atom. The highest BCUT2D eigenvalue weighted by atomic mass is 16.3. The third-order valence-corrected chi connectivity index (χ3v) is 3.76. The molecular formula is C18H22N2O3. The Kier molecular flexibility index (Phi) is 5.57. The van der Waals surface area contributed by atoms with Crippen LogP contribution < -0.4 is 10.6 Å². The van der Waals surface area contributed by atoms with Crippen molar-refractivity contribution < 1.29 is 14.0 Å². The number of hydrogen-bond donors (Lipinski definition) is 2. The van der Waals surface area contributed by atoms with Gasteiger partial charge in [-0.3, -0.25) is 9.59 Å². The van der Waals surface area contributed by atoms with Gasteiger partial charge >= 0.3 is 0 Å². The first-order valence-corrected chi connectivity index (χ1v) is 7.73. The molecule has 2 rings (SSSR count). The van der Waals surface area contributed by atoms with Crippen LogP contribution in [0.15, 0.2) is 41.0 Å². The Hall–Kier alpha value is -2.56. The topological polar surface area (TPSA) is 71.3 Å². The fraction of sp³-hybridized carbons (Fsp3) is 0.333. The third-order valence-electron chi connectivity index (χ3n) is 3.76. The number of furan rings is 1. The van der Waals surface area contributed by atoms with Crippen LogP contribution in [0, 0.1) is 6.92 Å². The minimum Gasteiger partial charge on any atom is -0.469 e. The Labute approximate surface area is 136 Å². The van der Waals surface area contributed by atoms with E-state index in [1.807, 2.05) is 26.0 Å². The molecule has 0 aliphatic rings. The molecule has 2 N–H and O–H groups in total. The van der Waals surface area contributed by atoms with Crippen LogP contribution in [0.4, 0.5) is 0 Å². The summed E-state index contributed by atoms with van der Waals surface area (Å²) in [6.45, 7) is 6.15. The fourth-order valence-electron chi connectivity index (χ4n) is 2.08. The molecule has 1 unspecified atom stereocenters. The zero-order chi connectivity index (χ0) is 16.8. The first-order chi connectivity index (χ1) is 11.0. The summed E-state index contributed by atoms with van der Waals surface area (Å²) in [6.07, 6.45) is 2.39. The van der Waals surface area contributed by atoms with Crippen LogP contribution in [0.5, 0.6) is 0 Å². The van der Waals surface area contributed by atoms with Crippen LogP contribution in [-0.4, -0.2) is 17.9 Å². The minimum atomic E-state index is -0.171. The summed E-state index contributed by atoms with van der Waals surface area (Å²) < 4.78 is 5.12. The van der Waals surface area contributed by atoms with E-state index in [9.17, 15) is 9.59 Å². The van der Waals surface area contributed by atoms with Gasteiger partial charge < -0.3 is 15.1 Å². The molecule has 0 fully saturated rings. The molecule has 0 saturated carbocycles. The number of carbonyl (C=O) groups excluding carboxylic acids is 2. The number of hydrogen-bond acceptors (Lipinski definition) is 3. The van der Waals surface area contributed by atoms with Crippen LogP contribution in [0.2, 0.25) is 0 Å². The standard InChI is InChI=1S/C18H22N2O3/c1-4-12(2)20-17(21)15-7-5-14(6-8-15)11-19-18(22)16-9-10-23-13(16)3/h5-10,12H,4,11H2,1-3H3,(H,19,22)(H,20,21). The number of nitrogens with one attached hydrogen (secondary N) is 2. The van der Waals surface area contributed by atoms with Crippen molar-refractivity contribution in [2.45, 2.75) is 39.8 Å². The summed E-state index contributed by atoms with van der Waals surface area (Å²) in [4.78, 5) is 24.0. The van der Waals surface area contributed by atoms with Crippen LogP contribution >= 0.6 is 0 Å². The molecule has 5 nitrogen and oxygen atoms in total.